The van der Waals surface area contributed by atoms with Gasteiger partial charge in [-0.05, 0) is 62.7 Å². The van der Waals surface area contributed by atoms with Crippen LogP contribution in [-0.4, -0.2) is 51.7 Å². The number of ketones is 2. The summed E-state index contributed by atoms with van der Waals surface area (Å²) in [5.74, 6) is -2.79. The zero-order valence-electron chi connectivity index (χ0n) is 22.3. The number of aliphatic hydroxyl groups excluding tert-OH is 2. The maximum Gasteiger partial charge on any atom is 0.307 e. The highest BCUT2D eigenvalue weighted by atomic mass is 19.1. The molecule has 0 bridgehead atoms. The van der Waals surface area contributed by atoms with E-state index < -0.39 is 58.4 Å². The van der Waals surface area contributed by atoms with Crippen molar-refractivity contribution in [1.29, 1.82) is 0 Å². The molecule has 204 valence electrons. The lowest BCUT2D eigenvalue weighted by Gasteiger charge is -2.62. The molecule has 3 fully saturated rings. The zero-order chi connectivity index (χ0) is 27.5. The average molecular weight is 525 g/mol. The van der Waals surface area contributed by atoms with Crippen LogP contribution in [0.2, 0.25) is 0 Å². The number of hydrogen-bond donors (Lipinski definition) is 2. The first kappa shape index (κ1) is 26.9. The van der Waals surface area contributed by atoms with Crippen LogP contribution in [0.25, 0.3) is 0 Å². The summed E-state index contributed by atoms with van der Waals surface area (Å²) in [5, 5.41) is 21.6. The molecule has 7 heteroatoms. The lowest BCUT2D eigenvalue weighted by molar-refractivity contribution is -0.228. The molecule has 0 spiro atoms. The summed E-state index contributed by atoms with van der Waals surface area (Å²) < 4.78 is 23.5. The van der Waals surface area contributed by atoms with E-state index >= 15 is 4.39 Å². The number of ether oxygens (including phenoxy) is 1. The molecule has 0 amide bonds. The molecule has 0 heterocycles. The molecule has 1 aromatic carbocycles. The van der Waals surface area contributed by atoms with E-state index in [1.807, 2.05) is 44.2 Å². The molecule has 0 saturated heterocycles. The zero-order valence-corrected chi connectivity index (χ0v) is 22.3. The van der Waals surface area contributed by atoms with Crippen molar-refractivity contribution in [3.8, 4) is 0 Å². The second-order valence-electron chi connectivity index (χ2n) is 12.2. The number of benzene rings is 1. The molecule has 0 unspecified atom stereocenters. The van der Waals surface area contributed by atoms with Crippen molar-refractivity contribution in [3.63, 3.8) is 0 Å². The minimum atomic E-state index is -2.05. The van der Waals surface area contributed by atoms with Gasteiger partial charge in [0.25, 0.3) is 0 Å². The van der Waals surface area contributed by atoms with Crippen molar-refractivity contribution in [3.05, 3.63) is 59.7 Å². The van der Waals surface area contributed by atoms with Crippen molar-refractivity contribution < 1.29 is 33.7 Å². The molecule has 4 aliphatic carbocycles. The van der Waals surface area contributed by atoms with Crippen LogP contribution in [0.5, 0.6) is 0 Å². The third kappa shape index (κ3) is 3.54. The molecular formula is C31H37FO6. The van der Waals surface area contributed by atoms with Gasteiger partial charge in [0.15, 0.2) is 17.1 Å². The minimum absolute atomic E-state index is 0.0576. The van der Waals surface area contributed by atoms with E-state index in [1.165, 1.54) is 12.2 Å². The Balaban J connectivity index is 1.51. The number of fused-ring (bicyclic) bond motifs is 5. The van der Waals surface area contributed by atoms with Crippen molar-refractivity contribution in [2.45, 2.75) is 76.7 Å². The number of carbonyl (C=O) groups is 3. The van der Waals surface area contributed by atoms with Gasteiger partial charge in [-0.25, -0.2) is 4.39 Å². The monoisotopic (exact) mass is 524 g/mol. The number of Topliss-reactive ketones (excluding diaryl/α,β-unsaturated/α-hetero) is 1. The summed E-state index contributed by atoms with van der Waals surface area (Å²) in [7, 11) is 0. The third-order valence-corrected chi connectivity index (χ3v) is 10.5. The first-order valence-electron chi connectivity index (χ1n) is 13.6. The van der Waals surface area contributed by atoms with Gasteiger partial charge in [-0.2, -0.15) is 0 Å². The van der Waals surface area contributed by atoms with Crippen LogP contribution in [0.4, 0.5) is 4.39 Å². The van der Waals surface area contributed by atoms with Crippen molar-refractivity contribution in [1.82, 2.24) is 0 Å². The van der Waals surface area contributed by atoms with Gasteiger partial charge in [0, 0.05) is 29.1 Å². The summed E-state index contributed by atoms with van der Waals surface area (Å²) >= 11 is 0. The second kappa shape index (κ2) is 9.23. The van der Waals surface area contributed by atoms with Gasteiger partial charge in [-0.3, -0.25) is 14.4 Å². The maximum absolute atomic E-state index is 17.4. The van der Waals surface area contributed by atoms with E-state index in [0.717, 1.165) is 5.56 Å². The largest absolute Gasteiger partial charge is 0.450 e. The van der Waals surface area contributed by atoms with Crippen molar-refractivity contribution in [2.24, 2.45) is 28.6 Å². The average Bonchev–Trinajstić information content (AvgIpc) is 3.11. The lowest BCUT2D eigenvalue weighted by Crippen LogP contribution is -2.70. The molecule has 6 nitrogen and oxygen atoms in total. The molecule has 5 rings (SSSR count). The van der Waals surface area contributed by atoms with Crippen LogP contribution in [-0.2, 0) is 25.5 Å². The van der Waals surface area contributed by atoms with Crippen molar-refractivity contribution >= 4 is 17.5 Å². The van der Waals surface area contributed by atoms with Crippen LogP contribution < -0.4 is 0 Å². The maximum atomic E-state index is 17.4. The normalized spacial score (nSPS) is 41.5. The fraction of sp³-hybridized carbons (Fsp3) is 0.581. The predicted molar refractivity (Wildman–Crippen MR) is 139 cm³/mol. The molecule has 0 aliphatic heterocycles. The number of rotatable bonds is 6. The van der Waals surface area contributed by atoms with E-state index in [4.69, 9.17) is 4.74 Å². The number of hydrogen-bond acceptors (Lipinski definition) is 6. The van der Waals surface area contributed by atoms with E-state index in [2.05, 4.69) is 0 Å². The van der Waals surface area contributed by atoms with Crippen LogP contribution in [0, 0.1) is 28.6 Å². The van der Waals surface area contributed by atoms with E-state index in [9.17, 15) is 24.6 Å². The minimum Gasteiger partial charge on any atom is -0.450 e. The van der Waals surface area contributed by atoms with Gasteiger partial charge < -0.3 is 14.9 Å². The number of halogens is 1. The predicted octanol–water partition coefficient (Wildman–Crippen LogP) is 4.08. The Labute approximate surface area is 223 Å². The smallest absolute Gasteiger partial charge is 0.307 e. The Morgan fingerprint density at radius 3 is 2.55 bits per heavy atom. The SMILES string of the molecule is C[C@@H]1C[C@H]2[C@@H]3CCC4=CC(=O)C=C[C@]4(C)[C@@]3(F)[C@@H](O)C[C@]2(C)[C@@]1(OC(=O)CCc1ccccc1)C(=O)CO. The number of aryl methyl sites for hydroxylation is 1. The van der Waals surface area contributed by atoms with Gasteiger partial charge in [0.1, 0.15) is 6.61 Å². The van der Waals surface area contributed by atoms with Gasteiger partial charge in [0.05, 0.1) is 6.10 Å². The number of alkyl halides is 1. The van der Waals surface area contributed by atoms with Gasteiger partial charge >= 0.3 is 5.97 Å². The highest BCUT2D eigenvalue weighted by Gasteiger charge is 2.77. The van der Waals surface area contributed by atoms with Crippen molar-refractivity contribution in [2.75, 3.05) is 6.61 Å². The van der Waals surface area contributed by atoms with E-state index in [1.54, 1.807) is 13.0 Å². The summed E-state index contributed by atoms with van der Waals surface area (Å²) in [4.78, 5) is 38.8. The molecule has 2 N–H and O–H groups in total. The van der Waals surface area contributed by atoms with E-state index in [0.29, 0.717) is 31.3 Å². The van der Waals surface area contributed by atoms with Gasteiger partial charge in [-0.1, -0.05) is 55.8 Å². The fourth-order valence-electron chi connectivity index (χ4n) is 8.64. The Bertz CT molecular complexity index is 1210. The van der Waals surface area contributed by atoms with E-state index in [-0.39, 0.29) is 24.5 Å². The first-order valence-corrected chi connectivity index (χ1v) is 13.6. The molecule has 8 atom stereocenters. The highest BCUT2D eigenvalue weighted by molar-refractivity contribution is 6.01. The second-order valence-corrected chi connectivity index (χ2v) is 12.2. The van der Waals surface area contributed by atoms with Gasteiger partial charge in [-0.15, -0.1) is 0 Å². The summed E-state index contributed by atoms with van der Waals surface area (Å²) in [6.07, 6.45) is 4.74. The first-order chi connectivity index (χ1) is 17.9. The number of aliphatic hydroxyl groups is 2. The molecule has 4 aliphatic rings. The molecule has 1 aromatic rings. The number of allylic oxidation sites excluding steroid dienone is 4. The number of esters is 1. The number of carbonyl (C=O) groups excluding carboxylic acids is 3. The molecule has 38 heavy (non-hydrogen) atoms. The summed E-state index contributed by atoms with van der Waals surface area (Å²) in [5.41, 5.74) is -4.29. The highest BCUT2D eigenvalue weighted by Crippen LogP contribution is 2.71. The van der Waals surface area contributed by atoms with Crippen LogP contribution >= 0.6 is 0 Å². The van der Waals surface area contributed by atoms with Gasteiger partial charge in [0.2, 0.25) is 5.78 Å². The third-order valence-electron chi connectivity index (χ3n) is 10.5. The summed E-state index contributed by atoms with van der Waals surface area (Å²) in [6, 6.07) is 9.49. The summed E-state index contributed by atoms with van der Waals surface area (Å²) in [6.45, 7) is 4.57. The molecule has 0 aromatic heterocycles. The quantitative estimate of drug-likeness (QED) is 0.544. The molecule has 0 radical (unpaired) electrons. The standard InChI is InChI=1S/C31H37FO6/c1-19-15-24-23-11-10-21-16-22(34)13-14-28(21,2)30(23,32)25(35)17-29(24,3)31(19,26(36)18-33)38-27(37)12-9-20-7-5-4-6-8-20/h4-8,13-14,16,19,23-25,33,35H,9-12,15,17-18H2,1-3H3/t19-,23+,24+,25+,28+,29+,30+,31+/m1/s1. The topological polar surface area (TPSA) is 101 Å². The molecular weight excluding hydrogens is 487 g/mol. The van der Waals surface area contributed by atoms with Crippen LogP contribution in [0.15, 0.2) is 54.1 Å². The fourth-order valence-corrected chi connectivity index (χ4v) is 8.64. The lowest BCUT2D eigenvalue weighted by atomic mass is 9.44. The Morgan fingerprint density at radius 2 is 1.87 bits per heavy atom. The molecule has 3 saturated carbocycles. The Kier molecular flexibility index (Phi) is 6.55. The van der Waals surface area contributed by atoms with Crippen LogP contribution in [0.3, 0.4) is 0 Å². The Hall–Kier alpha value is -2.64. The van der Waals surface area contributed by atoms with Crippen LogP contribution in [0.1, 0.15) is 58.4 Å². The Morgan fingerprint density at radius 1 is 1.16 bits per heavy atom.